The molecule has 3 aliphatic heterocycles. The van der Waals surface area contributed by atoms with Crippen LogP contribution in [0.5, 0.6) is 0 Å². The Labute approximate surface area is 126 Å². The first kappa shape index (κ1) is 14.8. The molecule has 0 aromatic rings. The first-order valence-corrected chi connectivity index (χ1v) is 8.39. The number of rotatable bonds is 4. The van der Waals surface area contributed by atoms with Gasteiger partial charge in [-0.05, 0) is 51.9 Å². The highest BCUT2D eigenvalue weighted by molar-refractivity contribution is 5.89. The third-order valence-electron chi connectivity index (χ3n) is 5.24. The molecule has 5 nitrogen and oxygen atoms in total. The van der Waals surface area contributed by atoms with Crippen molar-refractivity contribution in [3.63, 3.8) is 0 Å². The van der Waals surface area contributed by atoms with Gasteiger partial charge in [0.25, 0.3) is 0 Å². The second kappa shape index (κ2) is 5.95. The molecule has 2 amide bonds. The number of piperidine rings is 1. The number of likely N-dealkylation sites (tertiary alicyclic amines) is 1. The minimum Gasteiger partial charge on any atom is -0.344 e. The topological polar surface area (TPSA) is 61.4 Å². The van der Waals surface area contributed by atoms with Crippen molar-refractivity contribution in [2.75, 3.05) is 6.54 Å². The smallest absolute Gasteiger partial charge is 0.245 e. The molecule has 0 aromatic carbocycles. The maximum absolute atomic E-state index is 12.2. The van der Waals surface area contributed by atoms with Gasteiger partial charge < -0.3 is 15.5 Å². The number of fused-ring (bicyclic) bond motifs is 2. The summed E-state index contributed by atoms with van der Waals surface area (Å²) in [5.74, 6) is 0.635. The lowest BCUT2D eigenvalue weighted by molar-refractivity contribution is -0.134. The quantitative estimate of drug-likeness (QED) is 0.814. The number of carbonyl (C=O) groups excluding carboxylic acids is 2. The van der Waals surface area contributed by atoms with E-state index in [1.807, 2.05) is 18.7 Å². The van der Waals surface area contributed by atoms with Crippen molar-refractivity contribution in [1.29, 1.82) is 0 Å². The van der Waals surface area contributed by atoms with Gasteiger partial charge in [-0.1, -0.05) is 0 Å². The number of hydrogen-bond acceptors (Lipinski definition) is 3. The number of nitrogens with zero attached hydrogens (tertiary/aromatic N) is 1. The van der Waals surface area contributed by atoms with E-state index in [0.717, 1.165) is 25.8 Å². The third kappa shape index (κ3) is 3.23. The first-order valence-electron chi connectivity index (χ1n) is 8.39. The van der Waals surface area contributed by atoms with Gasteiger partial charge in [-0.3, -0.25) is 9.59 Å². The van der Waals surface area contributed by atoms with Crippen molar-refractivity contribution in [1.82, 2.24) is 15.5 Å². The predicted octanol–water partition coefficient (Wildman–Crippen LogP) is 1.03. The van der Waals surface area contributed by atoms with Gasteiger partial charge in [0.05, 0.1) is 0 Å². The standard InChI is InChI=1S/C16H27N3O2/c1-10(2)19-6-5-14(16(19)21)18-15(20)9-11-7-12-3-4-13(8-11)17-12/h10-14,17H,3-9H2,1-2H3,(H,18,20). The van der Waals surface area contributed by atoms with Crippen LogP contribution in [0.3, 0.4) is 0 Å². The monoisotopic (exact) mass is 293 g/mol. The summed E-state index contributed by atoms with van der Waals surface area (Å²) in [7, 11) is 0. The highest BCUT2D eigenvalue weighted by Crippen LogP contribution is 2.32. The average molecular weight is 293 g/mol. The Morgan fingerprint density at radius 3 is 2.52 bits per heavy atom. The Morgan fingerprint density at radius 2 is 1.95 bits per heavy atom. The SMILES string of the molecule is CC(C)N1CCC(NC(=O)CC2CC3CCC(C2)N3)C1=O. The van der Waals surface area contributed by atoms with Crippen LogP contribution in [0.4, 0.5) is 0 Å². The van der Waals surface area contributed by atoms with E-state index in [4.69, 9.17) is 0 Å². The fourth-order valence-corrected chi connectivity index (χ4v) is 4.21. The van der Waals surface area contributed by atoms with Crippen LogP contribution in [0.25, 0.3) is 0 Å². The van der Waals surface area contributed by atoms with Gasteiger partial charge in [0.1, 0.15) is 6.04 Å². The van der Waals surface area contributed by atoms with Crippen LogP contribution in [-0.4, -0.2) is 47.4 Å². The summed E-state index contributed by atoms with van der Waals surface area (Å²) in [6.07, 6.45) is 6.07. The van der Waals surface area contributed by atoms with Crippen LogP contribution in [0.2, 0.25) is 0 Å². The van der Waals surface area contributed by atoms with E-state index < -0.39 is 0 Å². The number of hydrogen-bond donors (Lipinski definition) is 2. The highest BCUT2D eigenvalue weighted by atomic mass is 16.2. The van der Waals surface area contributed by atoms with Gasteiger partial charge >= 0.3 is 0 Å². The normalized spacial score (nSPS) is 35.6. The molecule has 0 aromatic heterocycles. The van der Waals surface area contributed by atoms with Crippen molar-refractivity contribution in [3.8, 4) is 0 Å². The van der Waals surface area contributed by atoms with Gasteiger partial charge in [0.2, 0.25) is 11.8 Å². The zero-order valence-corrected chi connectivity index (χ0v) is 13.1. The lowest BCUT2D eigenvalue weighted by Crippen LogP contribution is -2.45. The minimum atomic E-state index is -0.293. The molecule has 2 bridgehead atoms. The predicted molar refractivity (Wildman–Crippen MR) is 80.7 cm³/mol. The average Bonchev–Trinajstić information content (AvgIpc) is 2.93. The Bertz CT molecular complexity index is 412. The van der Waals surface area contributed by atoms with E-state index in [2.05, 4.69) is 10.6 Å². The molecule has 3 unspecified atom stereocenters. The highest BCUT2D eigenvalue weighted by Gasteiger charge is 2.36. The number of nitrogens with one attached hydrogen (secondary N) is 2. The van der Waals surface area contributed by atoms with E-state index in [-0.39, 0.29) is 23.9 Å². The molecule has 2 N–H and O–H groups in total. The Morgan fingerprint density at radius 1 is 1.29 bits per heavy atom. The van der Waals surface area contributed by atoms with Crippen LogP contribution in [0.15, 0.2) is 0 Å². The molecule has 0 spiro atoms. The molecule has 3 atom stereocenters. The molecule has 118 valence electrons. The maximum atomic E-state index is 12.2. The fourth-order valence-electron chi connectivity index (χ4n) is 4.21. The molecule has 0 aliphatic carbocycles. The second-order valence-electron chi connectivity index (χ2n) is 7.21. The molecule has 21 heavy (non-hydrogen) atoms. The van der Waals surface area contributed by atoms with Crippen LogP contribution in [0.1, 0.15) is 52.4 Å². The molecule has 3 rings (SSSR count). The van der Waals surface area contributed by atoms with Gasteiger partial charge in [-0.25, -0.2) is 0 Å². The Balaban J connectivity index is 1.47. The van der Waals surface area contributed by atoms with Crippen molar-refractivity contribution in [3.05, 3.63) is 0 Å². The Kier molecular flexibility index (Phi) is 4.20. The molecular formula is C16H27N3O2. The zero-order valence-electron chi connectivity index (χ0n) is 13.1. The van der Waals surface area contributed by atoms with Gasteiger partial charge in [-0.2, -0.15) is 0 Å². The summed E-state index contributed by atoms with van der Waals surface area (Å²) in [6, 6.07) is 1.16. The first-order chi connectivity index (χ1) is 10.0. The second-order valence-corrected chi connectivity index (χ2v) is 7.21. The van der Waals surface area contributed by atoms with E-state index >= 15 is 0 Å². The maximum Gasteiger partial charge on any atom is 0.245 e. The molecule has 3 fully saturated rings. The molecular weight excluding hydrogens is 266 g/mol. The summed E-state index contributed by atoms with van der Waals surface area (Å²) >= 11 is 0. The molecule has 0 radical (unpaired) electrons. The summed E-state index contributed by atoms with van der Waals surface area (Å²) < 4.78 is 0. The van der Waals surface area contributed by atoms with Crippen molar-refractivity contribution < 1.29 is 9.59 Å². The van der Waals surface area contributed by atoms with Crippen LogP contribution < -0.4 is 10.6 Å². The van der Waals surface area contributed by atoms with Gasteiger partial charge in [0.15, 0.2) is 0 Å². The lowest BCUT2D eigenvalue weighted by atomic mass is 9.89. The van der Waals surface area contributed by atoms with E-state index in [1.165, 1.54) is 12.8 Å². The third-order valence-corrected chi connectivity index (χ3v) is 5.24. The van der Waals surface area contributed by atoms with Crippen molar-refractivity contribution >= 4 is 11.8 Å². The molecule has 3 aliphatic rings. The van der Waals surface area contributed by atoms with Crippen molar-refractivity contribution in [2.24, 2.45) is 5.92 Å². The zero-order chi connectivity index (χ0) is 15.0. The van der Waals surface area contributed by atoms with E-state index in [0.29, 0.717) is 24.4 Å². The van der Waals surface area contributed by atoms with Crippen LogP contribution in [0, 0.1) is 5.92 Å². The summed E-state index contributed by atoms with van der Waals surface area (Å²) in [6.45, 7) is 4.80. The molecule has 3 saturated heterocycles. The lowest BCUT2D eigenvalue weighted by Gasteiger charge is -2.29. The van der Waals surface area contributed by atoms with E-state index in [9.17, 15) is 9.59 Å². The summed E-state index contributed by atoms with van der Waals surface area (Å²) in [5, 5.41) is 6.56. The summed E-state index contributed by atoms with van der Waals surface area (Å²) in [4.78, 5) is 26.3. The van der Waals surface area contributed by atoms with E-state index in [1.54, 1.807) is 0 Å². The van der Waals surface area contributed by atoms with Crippen LogP contribution in [-0.2, 0) is 9.59 Å². The number of carbonyl (C=O) groups is 2. The van der Waals surface area contributed by atoms with Gasteiger partial charge in [0, 0.05) is 31.1 Å². The largest absolute Gasteiger partial charge is 0.344 e. The molecule has 3 heterocycles. The minimum absolute atomic E-state index is 0.0604. The fraction of sp³-hybridized carbons (Fsp3) is 0.875. The molecule has 0 saturated carbocycles. The van der Waals surface area contributed by atoms with Crippen LogP contribution >= 0.6 is 0 Å². The molecule has 5 heteroatoms. The Hall–Kier alpha value is -1.10. The summed E-state index contributed by atoms with van der Waals surface area (Å²) in [5.41, 5.74) is 0. The number of amides is 2. The van der Waals surface area contributed by atoms with Crippen molar-refractivity contribution in [2.45, 2.75) is 76.5 Å². The van der Waals surface area contributed by atoms with Gasteiger partial charge in [-0.15, -0.1) is 0 Å².